The molecule has 1 heterocycles. The maximum atomic E-state index is 12.3. The molecule has 0 spiro atoms. The molecule has 2 aromatic carbocycles. The second kappa shape index (κ2) is 7.45. The van der Waals surface area contributed by atoms with E-state index in [-0.39, 0.29) is 18.0 Å². The minimum atomic E-state index is -0.258. The lowest BCUT2D eigenvalue weighted by atomic mass is 10.0. The number of hydrogen-bond acceptors (Lipinski definition) is 3. The standard InChI is InChI=1S/C17H17BrClN3O/c18-13-7-5-11(6-8-13)15-9-16(22-21-15)17(23)20-10-12-3-1-2-4-14(12)19/h1-8,15-16,21-22H,9-10H2,(H,20,23). The molecule has 120 valence electrons. The van der Waals surface area contributed by atoms with Crippen LogP contribution in [0.4, 0.5) is 0 Å². The number of hydrogen-bond donors (Lipinski definition) is 3. The third-order valence-electron chi connectivity index (χ3n) is 3.90. The highest BCUT2D eigenvalue weighted by Gasteiger charge is 2.29. The Hall–Kier alpha value is -1.40. The first kappa shape index (κ1) is 16.5. The number of rotatable bonds is 4. The Labute approximate surface area is 148 Å². The van der Waals surface area contributed by atoms with E-state index in [0.29, 0.717) is 18.0 Å². The minimum Gasteiger partial charge on any atom is -0.351 e. The van der Waals surface area contributed by atoms with Crippen LogP contribution in [0.1, 0.15) is 23.6 Å². The summed E-state index contributed by atoms with van der Waals surface area (Å²) in [7, 11) is 0. The maximum absolute atomic E-state index is 12.3. The van der Waals surface area contributed by atoms with Gasteiger partial charge in [0.2, 0.25) is 5.91 Å². The van der Waals surface area contributed by atoms with E-state index >= 15 is 0 Å². The van der Waals surface area contributed by atoms with Crippen molar-refractivity contribution in [3.8, 4) is 0 Å². The Bertz CT molecular complexity index is 692. The summed E-state index contributed by atoms with van der Waals surface area (Å²) in [5.74, 6) is -0.0305. The molecule has 0 radical (unpaired) electrons. The predicted molar refractivity (Wildman–Crippen MR) is 94.9 cm³/mol. The van der Waals surface area contributed by atoms with Crippen LogP contribution in [0.2, 0.25) is 5.02 Å². The number of nitrogens with one attached hydrogen (secondary N) is 3. The van der Waals surface area contributed by atoms with Crippen molar-refractivity contribution in [3.63, 3.8) is 0 Å². The first-order chi connectivity index (χ1) is 11.1. The highest BCUT2D eigenvalue weighted by molar-refractivity contribution is 9.10. The normalized spacial score (nSPS) is 20.4. The summed E-state index contributed by atoms with van der Waals surface area (Å²) in [5.41, 5.74) is 8.31. The number of amides is 1. The van der Waals surface area contributed by atoms with Crippen LogP contribution >= 0.6 is 27.5 Å². The second-order valence-corrected chi connectivity index (χ2v) is 6.81. The van der Waals surface area contributed by atoms with Gasteiger partial charge in [-0.15, -0.1) is 0 Å². The Morgan fingerprint density at radius 3 is 2.65 bits per heavy atom. The van der Waals surface area contributed by atoms with Crippen molar-refractivity contribution in [3.05, 3.63) is 69.2 Å². The fourth-order valence-corrected chi connectivity index (χ4v) is 3.06. The summed E-state index contributed by atoms with van der Waals surface area (Å²) in [6, 6.07) is 15.5. The van der Waals surface area contributed by atoms with Gasteiger partial charge < -0.3 is 5.32 Å². The van der Waals surface area contributed by atoms with Gasteiger partial charge in [-0.25, -0.2) is 10.9 Å². The molecule has 1 saturated heterocycles. The second-order valence-electron chi connectivity index (χ2n) is 5.49. The Balaban J connectivity index is 1.55. The van der Waals surface area contributed by atoms with Gasteiger partial charge in [0.05, 0.1) is 0 Å². The first-order valence-corrected chi connectivity index (χ1v) is 8.58. The summed E-state index contributed by atoms with van der Waals surface area (Å²) in [6.45, 7) is 0.430. The van der Waals surface area contributed by atoms with Crippen LogP contribution in [0.15, 0.2) is 53.0 Å². The molecule has 0 bridgehead atoms. The van der Waals surface area contributed by atoms with Crippen molar-refractivity contribution in [2.24, 2.45) is 0 Å². The Morgan fingerprint density at radius 2 is 1.91 bits per heavy atom. The fourth-order valence-electron chi connectivity index (χ4n) is 2.59. The van der Waals surface area contributed by atoms with E-state index < -0.39 is 0 Å². The molecule has 2 unspecified atom stereocenters. The molecule has 1 aliphatic heterocycles. The molecule has 1 amide bonds. The third-order valence-corrected chi connectivity index (χ3v) is 4.80. The molecular formula is C17H17BrClN3O. The largest absolute Gasteiger partial charge is 0.351 e. The van der Waals surface area contributed by atoms with Gasteiger partial charge in [-0.05, 0) is 35.7 Å². The number of carbonyl (C=O) groups excluding carboxylic acids is 1. The maximum Gasteiger partial charge on any atom is 0.238 e. The summed E-state index contributed by atoms with van der Waals surface area (Å²) >= 11 is 9.53. The average Bonchev–Trinajstić information content (AvgIpc) is 3.04. The lowest BCUT2D eigenvalue weighted by molar-refractivity contribution is -0.123. The zero-order valence-corrected chi connectivity index (χ0v) is 14.7. The van der Waals surface area contributed by atoms with Crippen molar-refractivity contribution in [1.82, 2.24) is 16.2 Å². The zero-order valence-electron chi connectivity index (χ0n) is 12.4. The van der Waals surface area contributed by atoms with Crippen molar-refractivity contribution in [2.45, 2.75) is 25.0 Å². The van der Waals surface area contributed by atoms with Crippen molar-refractivity contribution < 1.29 is 4.79 Å². The van der Waals surface area contributed by atoms with Gasteiger partial charge in [0, 0.05) is 22.1 Å². The van der Waals surface area contributed by atoms with E-state index in [4.69, 9.17) is 11.6 Å². The predicted octanol–water partition coefficient (Wildman–Crippen LogP) is 3.33. The number of halogens is 2. The van der Waals surface area contributed by atoms with E-state index in [9.17, 15) is 4.79 Å². The molecule has 6 heteroatoms. The number of hydrazine groups is 1. The van der Waals surface area contributed by atoms with E-state index in [0.717, 1.165) is 15.6 Å². The molecule has 0 saturated carbocycles. The number of carbonyl (C=O) groups is 1. The lowest BCUT2D eigenvalue weighted by Crippen LogP contribution is -2.42. The highest BCUT2D eigenvalue weighted by Crippen LogP contribution is 2.24. The third kappa shape index (κ3) is 4.12. The van der Waals surface area contributed by atoms with Gasteiger partial charge in [-0.1, -0.05) is 57.9 Å². The molecule has 3 rings (SSSR count). The average molecular weight is 395 g/mol. The van der Waals surface area contributed by atoms with Gasteiger partial charge in [0.15, 0.2) is 0 Å². The van der Waals surface area contributed by atoms with Gasteiger partial charge in [-0.2, -0.15) is 0 Å². The van der Waals surface area contributed by atoms with Crippen LogP contribution in [0.3, 0.4) is 0 Å². The Kier molecular flexibility index (Phi) is 5.33. The summed E-state index contributed by atoms with van der Waals surface area (Å²) in [4.78, 5) is 12.3. The number of benzene rings is 2. The highest BCUT2D eigenvalue weighted by atomic mass is 79.9. The van der Waals surface area contributed by atoms with E-state index in [1.165, 1.54) is 0 Å². The van der Waals surface area contributed by atoms with Gasteiger partial charge >= 0.3 is 0 Å². The molecular weight excluding hydrogens is 378 g/mol. The molecule has 4 nitrogen and oxygen atoms in total. The van der Waals surface area contributed by atoms with E-state index in [1.54, 1.807) is 0 Å². The summed E-state index contributed by atoms with van der Waals surface area (Å²) < 4.78 is 1.04. The summed E-state index contributed by atoms with van der Waals surface area (Å²) in [5, 5.41) is 3.59. The van der Waals surface area contributed by atoms with Crippen molar-refractivity contribution in [1.29, 1.82) is 0 Å². The smallest absolute Gasteiger partial charge is 0.238 e. The molecule has 0 aliphatic carbocycles. The molecule has 23 heavy (non-hydrogen) atoms. The SMILES string of the molecule is O=C(NCc1ccccc1Cl)C1CC(c2ccc(Br)cc2)NN1. The molecule has 0 aromatic heterocycles. The summed E-state index contributed by atoms with van der Waals surface area (Å²) in [6.07, 6.45) is 0.704. The monoisotopic (exact) mass is 393 g/mol. The molecule has 1 aliphatic rings. The molecule has 2 aromatic rings. The van der Waals surface area contributed by atoms with Crippen LogP contribution in [-0.4, -0.2) is 11.9 Å². The van der Waals surface area contributed by atoms with Gasteiger partial charge in [0.25, 0.3) is 0 Å². The quantitative estimate of drug-likeness (QED) is 0.745. The van der Waals surface area contributed by atoms with Crippen molar-refractivity contribution in [2.75, 3.05) is 0 Å². The minimum absolute atomic E-state index is 0.0305. The van der Waals surface area contributed by atoms with Crippen LogP contribution < -0.4 is 16.2 Å². The van der Waals surface area contributed by atoms with Crippen LogP contribution in [0.25, 0.3) is 0 Å². The van der Waals surface area contributed by atoms with E-state index in [2.05, 4.69) is 32.1 Å². The topological polar surface area (TPSA) is 53.2 Å². The lowest BCUT2D eigenvalue weighted by Gasteiger charge is -2.11. The van der Waals surface area contributed by atoms with Crippen molar-refractivity contribution >= 4 is 33.4 Å². The van der Waals surface area contributed by atoms with E-state index in [1.807, 2.05) is 48.5 Å². The van der Waals surface area contributed by atoms with Gasteiger partial charge in [-0.3, -0.25) is 4.79 Å². The first-order valence-electron chi connectivity index (χ1n) is 7.41. The van der Waals surface area contributed by atoms with Gasteiger partial charge in [0.1, 0.15) is 6.04 Å². The molecule has 2 atom stereocenters. The zero-order chi connectivity index (χ0) is 16.2. The van der Waals surface area contributed by atoms with Crippen LogP contribution in [0.5, 0.6) is 0 Å². The molecule has 1 fully saturated rings. The molecule has 3 N–H and O–H groups in total. The van der Waals surface area contributed by atoms with Crippen LogP contribution in [0, 0.1) is 0 Å². The Morgan fingerprint density at radius 1 is 1.17 bits per heavy atom. The van der Waals surface area contributed by atoms with Crippen LogP contribution in [-0.2, 0) is 11.3 Å². The fraction of sp³-hybridized carbons (Fsp3) is 0.235.